The van der Waals surface area contributed by atoms with Crippen LogP contribution in [0.25, 0.3) is 0 Å². The molecule has 0 heterocycles. The van der Waals surface area contributed by atoms with Crippen LogP contribution in [0.3, 0.4) is 0 Å². The second kappa shape index (κ2) is 7.88. The van der Waals surface area contributed by atoms with Crippen molar-refractivity contribution in [1.29, 1.82) is 0 Å². The molecule has 0 spiro atoms. The zero-order valence-electron chi connectivity index (χ0n) is 11.5. The average Bonchev–Trinajstić information content (AvgIpc) is 2.37. The van der Waals surface area contributed by atoms with E-state index in [2.05, 4.69) is 0 Å². The third-order valence-electron chi connectivity index (χ3n) is 3.23. The molecule has 0 radical (unpaired) electrons. The maximum absolute atomic E-state index is 12.0. The number of carbonyl (C=O) groups is 1. The van der Waals surface area contributed by atoms with Crippen LogP contribution in [-0.2, 0) is 11.2 Å². The molecule has 2 N–H and O–H groups in total. The molecule has 18 heavy (non-hydrogen) atoms. The maximum Gasteiger partial charge on any atom is 0.226 e. The highest BCUT2D eigenvalue weighted by atomic mass is 16.2. The van der Waals surface area contributed by atoms with Gasteiger partial charge in [-0.2, -0.15) is 0 Å². The first-order valence-electron chi connectivity index (χ1n) is 6.63. The van der Waals surface area contributed by atoms with Gasteiger partial charge in [0.1, 0.15) is 0 Å². The van der Waals surface area contributed by atoms with Crippen molar-refractivity contribution < 1.29 is 4.79 Å². The van der Waals surface area contributed by atoms with Crippen molar-refractivity contribution in [3.05, 3.63) is 35.4 Å². The maximum atomic E-state index is 12.0. The summed E-state index contributed by atoms with van der Waals surface area (Å²) in [4.78, 5) is 13.9. The van der Waals surface area contributed by atoms with Crippen LogP contribution >= 0.6 is 0 Å². The normalized spacial score (nSPS) is 10.4. The summed E-state index contributed by atoms with van der Waals surface area (Å²) in [5, 5.41) is 0. The minimum Gasteiger partial charge on any atom is -0.345 e. The molecule has 0 fully saturated rings. The zero-order valence-corrected chi connectivity index (χ0v) is 11.5. The summed E-state index contributed by atoms with van der Waals surface area (Å²) in [7, 11) is 1.88. The van der Waals surface area contributed by atoms with Crippen molar-refractivity contribution >= 4 is 5.91 Å². The molecule has 1 amide bonds. The molecule has 0 saturated carbocycles. The van der Waals surface area contributed by atoms with E-state index in [9.17, 15) is 4.79 Å². The van der Waals surface area contributed by atoms with E-state index in [1.54, 1.807) is 0 Å². The quantitative estimate of drug-likeness (QED) is 0.751. The van der Waals surface area contributed by atoms with Crippen LogP contribution in [0.5, 0.6) is 0 Å². The van der Waals surface area contributed by atoms with Gasteiger partial charge >= 0.3 is 0 Å². The number of nitrogens with two attached hydrogens (primary N) is 1. The predicted octanol–water partition coefficient (Wildman–Crippen LogP) is 2.12. The lowest BCUT2D eigenvalue weighted by atomic mass is 10.1. The summed E-state index contributed by atoms with van der Waals surface area (Å²) >= 11 is 0. The lowest BCUT2D eigenvalue weighted by Crippen LogP contribution is -2.29. The van der Waals surface area contributed by atoms with E-state index in [1.807, 2.05) is 43.1 Å². The third kappa shape index (κ3) is 4.88. The van der Waals surface area contributed by atoms with E-state index in [-0.39, 0.29) is 5.91 Å². The molecule has 100 valence electrons. The Morgan fingerprint density at radius 3 is 2.61 bits per heavy atom. The van der Waals surface area contributed by atoms with Gasteiger partial charge in [-0.25, -0.2) is 0 Å². The van der Waals surface area contributed by atoms with Crippen molar-refractivity contribution in [3.63, 3.8) is 0 Å². The summed E-state index contributed by atoms with van der Waals surface area (Å²) in [6.07, 6.45) is 3.67. The van der Waals surface area contributed by atoms with Crippen LogP contribution in [0.15, 0.2) is 24.3 Å². The molecule has 0 aromatic heterocycles. The fourth-order valence-corrected chi connectivity index (χ4v) is 1.90. The van der Waals surface area contributed by atoms with Crippen molar-refractivity contribution in [1.82, 2.24) is 4.90 Å². The molecular weight excluding hydrogens is 224 g/mol. The lowest BCUT2D eigenvalue weighted by molar-refractivity contribution is -0.129. The van der Waals surface area contributed by atoms with Crippen molar-refractivity contribution in [2.24, 2.45) is 5.73 Å². The average molecular weight is 248 g/mol. The Labute approximate surface area is 110 Å². The summed E-state index contributed by atoms with van der Waals surface area (Å²) in [6, 6.07) is 8.05. The fourth-order valence-electron chi connectivity index (χ4n) is 1.90. The van der Waals surface area contributed by atoms with Gasteiger partial charge in [-0.1, -0.05) is 30.7 Å². The van der Waals surface area contributed by atoms with Gasteiger partial charge in [0.15, 0.2) is 0 Å². The number of unbranched alkanes of at least 4 members (excludes halogenated alkanes) is 2. The Kier molecular flexibility index (Phi) is 6.44. The first kappa shape index (κ1) is 14.7. The van der Waals surface area contributed by atoms with E-state index < -0.39 is 0 Å². The van der Waals surface area contributed by atoms with Gasteiger partial charge in [0.25, 0.3) is 0 Å². The molecule has 1 aromatic carbocycles. The van der Waals surface area contributed by atoms with Gasteiger partial charge in [0.2, 0.25) is 5.91 Å². The molecular formula is C15H24N2O. The number of nitrogens with zero attached hydrogens (tertiary/aromatic N) is 1. The highest BCUT2D eigenvalue weighted by Gasteiger charge is 2.10. The van der Waals surface area contributed by atoms with E-state index >= 15 is 0 Å². The second-order valence-electron chi connectivity index (χ2n) is 4.77. The van der Waals surface area contributed by atoms with Gasteiger partial charge in [0, 0.05) is 13.6 Å². The van der Waals surface area contributed by atoms with Gasteiger partial charge in [-0.3, -0.25) is 4.79 Å². The van der Waals surface area contributed by atoms with Crippen LogP contribution in [0.1, 0.15) is 30.4 Å². The first-order valence-corrected chi connectivity index (χ1v) is 6.63. The van der Waals surface area contributed by atoms with Crippen molar-refractivity contribution in [2.75, 3.05) is 20.1 Å². The number of hydrogen-bond acceptors (Lipinski definition) is 2. The topological polar surface area (TPSA) is 46.3 Å². The van der Waals surface area contributed by atoms with Crippen molar-refractivity contribution in [3.8, 4) is 0 Å². The summed E-state index contributed by atoms with van der Waals surface area (Å²) in [5.74, 6) is 0.192. The first-order chi connectivity index (χ1) is 8.65. The van der Waals surface area contributed by atoms with Crippen LogP contribution in [-0.4, -0.2) is 30.9 Å². The second-order valence-corrected chi connectivity index (χ2v) is 4.77. The van der Waals surface area contributed by atoms with Gasteiger partial charge in [-0.05, 0) is 37.4 Å². The number of benzene rings is 1. The number of amides is 1. The molecule has 0 bridgehead atoms. The SMILES string of the molecule is Cc1ccccc1CC(=O)N(C)CCCCCN. The van der Waals surface area contributed by atoms with E-state index in [0.717, 1.165) is 37.9 Å². The molecule has 0 aliphatic carbocycles. The van der Waals surface area contributed by atoms with Crippen LogP contribution in [0.4, 0.5) is 0 Å². The Bertz CT molecular complexity index is 377. The Hall–Kier alpha value is -1.35. The molecule has 0 aliphatic rings. The molecule has 1 rings (SSSR count). The Balaban J connectivity index is 2.38. The molecule has 0 saturated heterocycles. The number of hydrogen-bond donors (Lipinski definition) is 1. The number of rotatable bonds is 7. The standard InChI is InChI=1S/C15H24N2O/c1-13-8-4-5-9-14(13)12-15(18)17(2)11-7-3-6-10-16/h4-5,8-9H,3,6-7,10-12,16H2,1-2H3. The number of likely N-dealkylation sites (N-methyl/N-ethyl adjacent to an activating group) is 1. The Morgan fingerprint density at radius 1 is 1.22 bits per heavy atom. The van der Waals surface area contributed by atoms with Crippen LogP contribution < -0.4 is 5.73 Å². The largest absolute Gasteiger partial charge is 0.345 e. The third-order valence-corrected chi connectivity index (χ3v) is 3.23. The van der Waals surface area contributed by atoms with Crippen LogP contribution in [0.2, 0.25) is 0 Å². The minimum absolute atomic E-state index is 0.192. The summed E-state index contributed by atoms with van der Waals surface area (Å²) in [5.41, 5.74) is 7.75. The van der Waals surface area contributed by atoms with E-state index in [4.69, 9.17) is 5.73 Å². The smallest absolute Gasteiger partial charge is 0.226 e. The summed E-state index contributed by atoms with van der Waals surface area (Å²) in [6.45, 7) is 3.61. The lowest BCUT2D eigenvalue weighted by Gasteiger charge is -2.17. The minimum atomic E-state index is 0.192. The molecule has 3 nitrogen and oxygen atoms in total. The van der Waals surface area contributed by atoms with Gasteiger partial charge in [0.05, 0.1) is 6.42 Å². The molecule has 1 aromatic rings. The van der Waals surface area contributed by atoms with E-state index in [1.165, 1.54) is 5.56 Å². The monoisotopic (exact) mass is 248 g/mol. The zero-order chi connectivity index (χ0) is 13.4. The summed E-state index contributed by atoms with van der Waals surface area (Å²) < 4.78 is 0. The van der Waals surface area contributed by atoms with E-state index in [0.29, 0.717) is 6.42 Å². The molecule has 0 aliphatic heterocycles. The predicted molar refractivity (Wildman–Crippen MR) is 75.4 cm³/mol. The van der Waals surface area contributed by atoms with Crippen LogP contribution in [0, 0.1) is 6.92 Å². The van der Waals surface area contributed by atoms with Gasteiger partial charge < -0.3 is 10.6 Å². The number of aryl methyl sites for hydroxylation is 1. The fraction of sp³-hybridized carbons (Fsp3) is 0.533. The highest BCUT2D eigenvalue weighted by molar-refractivity contribution is 5.78. The molecule has 0 atom stereocenters. The van der Waals surface area contributed by atoms with Gasteiger partial charge in [-0.15, -0.1) is 0 Å². The Morgan fingerprint density at radius 2 is 1.94 bits per heavy atom. The molecule has 3 heteroatoms. The number of carbonyl (C=O) groups excluding carboxylic acids is 1. The molecule has 0 unspecified atom stereocenters. The highest BCUT2D eigenvalue weighted by Crippen LogP contribution is 2.09. The van der Waals surface area contributed by atoms with Crippen molar-refractivity contribution in [2.45, 2.75) is 32.6 Å².